The van der Waals surface area contributed by atoms with E-state index in [4.69, 9.17) is 32.9 Å². The second-order valence-electron chi connectivity index (χ2n) is 7.93. The fourth-order valence-corrected chi connectivity index (χ4v) is 6.90. The van der Waals surface area contributed by atoms with Crippen LogP contribution in [0.4, 0.5) is 0 Å². The number of hydrogen-bond acceptors (Lipinski definition) is 6. The molecule has 0 saturated carbocycles. The van der Waals surface area contributed by atoms with Crippen LogP contribution in [0.5, 0.6) is 5.75 Å². The van der Waals surface area contributed by atoms with E-state index in [1.807, 2.05) is 36.4 Å². The highest BCUT2D eigenvalue weighted by Gasteiger charge is 2.24. The lowest BCUT2D eigenvalue weighted by molar-refractivity contribution is 0.318. The van der Waals surface area contributed by atoms with Crippen molar-refractivity contribution in [3.63, 3.8) is 0 Å². The summed E-state index contributed by atoms with van der Waals surface area (Å²) in [5, 5.41) is 2.57. The predicted octanol–water partition coefficient (Wildman–Crippen LogP) is 6.04. The number of hydrogen-bond donors (Lipinski definition) is 0. The highest BCUT2D eigenvalue weighted by molar-refractivity contribution is 7.98. The molecule has 2 aromatic heterocycles. The molecule has 0 unspecified atom stereocenters. The molecule has 2 aromatic carbocycles. The Balaban J connectivity index is 1.64. The molecule has 0 aliphatic carbocycles. The van der Waals surface area contributed by atoms with Crippen LogP contribution >= 0.6 is 46.3 Å². The fraction of sp³-hybridized carbons (Fsp3) is 0.250. The molecule has 0 bridgehead atoms. The summed E-state index contributed by atoms with van der Waals surface area (Å²) in [6.45, 7) is 1.79. The van der Waals surface area contributed by atoms with Crippen molar-refractivity contribution in [1.82, 2.24) is 14.5 Å². The normalized spacial score (nSPS) is 13.9. The largest absolute Gasteiger partial charge is 0.497 e. The third-order valence-corrected chi connectivity index (χ3v) is 8.42. The third-order valence-electron chi connectivity index (χ3n) is 5.74. The van der Waals surface area contributed by atoms with Gasteiger partial charge < -0.3 is 9.64 Å². The summed E-state index contributed by atoms with van der Waals surface area (Å²) in [4.78, 5) is 23.1. The van der Waals surface area contributed by atoms with E-state index in [0.717, 1.165) is 52.3 Å². The monoisotopic (exact) mass is 517 g/mol. The van der Waals surface area contributed by atoms with E-state index in [2.05, 4.69) is 11.9 Å². The van der Waals surface area contributed by atoms with Crippen molar-refractivity contribution in [3.05, 3.63) is 78.9 Å². The molecule has 0 atom stereocenters. The van der Waals surface area contributed by atoms with Gasteiger partial charge in [0.2, 0.25) is 0 Å². The molecule has 1 aliphatic heterocycles. The molecule has 0 amide bonds. The zero-order chi connectivity index (χ0) is 23.1. The number of methoxy groups -OCH3 is 1. The van der Waals surface area contributed by atoms with E-state index < -0.39 is 0 Å². The minimum Gasteiger partial charge on any atom is -0.497 e. The van der Waals surface area contributed by atoms with Crippen molar-refractivity contribution < 1.29 is 4.74 Å². The van der Waals surface area contributed by atoms with Crippen molar-refractivity contribution in [2.75, 3.05) is 20.7 Å². The lowest BCUT2D eigenvalue weighted by Crippen LogP contribution is -2.27. The average molecular weight is 518 g/mol. The minimum atomic E-state index is -0.0306. The van der Waals surface area contributed by atoms with Crippen molar-refractivity contribution in [1.29, 1.82) is 0 Å². The summed E-state index contributed by atoms with van der Waals surface area (Å²) < 4.78 is 7.01. The summed E-state index contributed by atoms with van der Waals surface area (Å²) in [7, 11) is 3.73. The molecule has 0 radical (unpaired) electrons. The number of fused-ring (bicyclic) bond motifs is 3. The molecular weight excluding hydrogens is 497 g/mol. The Morgan fingerprint density at radius 1 is 1.18 bits per heavy atom. The summed E-state index contributed by atoms with van der Waals surface area (Å²) in [6, 6.07) is 12.9. The van der Waals surface area contributed by atoms with E-state index in [-0.39, 0.29) is 5.56 Å². The summed E-state index contributed by atoms with van der Waals surface area (Å²) in [5.41, 5.74) is 2.81. The lowest BCUT2D eigenvalue weighted by Gasteiger charge is -2.21. The summed E-state index contributed by atoms with van der Waals surface area (Å²) in [6.07, 6.45) is 0.859. The molecule has 4 aromatic rings. The first-order valence-electron chi connectivity index (χ1n) is 10.4. The Hall–Kier alpha value is -2.03. The number of thioether (sulfide) groups is 1. The molecule has 170 valence electrons. The summed E-state index contributed by atoms with van der Waals surface area (Å²) in [5.74, 6) is 1.30. The van der Waals surface area contributed by atoms with Crippen molar-refractivity contribution in [3.8, 4) is 11.4 Å². The van der Waals surface area contributed by atoms with E-state index in [1.165, 1.54) is 16.6 Å². The first-order chi connectivity index (χ1) is 15.9. The lowest BCUT2D eigenvalue weighted by atomic mass is 10.1. The number of thiophene rings is 1. The first kappa shape index (κ1) is 22.7. The van der Waals surface area contributed by atoms with Crippen LogP contribution in [0.25, 0.3) is 15.9 Å². The highest BCUT2D eigenvalue weighted by atomic mass is 35.5. The molecule has 0 saturated heterocycles. The van der Waals surface area contributed by atoms with E-state index in [0.29, 0.717) is 21.0 Å². The van der Waals surface area contributed by atoms with Gasteiger partial charge in [-0.25, -0.2) is 4.98 Å². The van der Waals surface area contributed by atoms with Gasteiger partial charge in [0, 0.05) is 33.8 Å². The molecule has 5 nitrogen and oxygen atoms in total. The molecular formula is C24H21Cl2N3O2S2. The van der Waals surface area contributed by atoms with Crippen molar-refractivity contribution in [2.24, 2.45) is 0 Å². The Labute approximate surface area is 209 Å². The van der Waals surface area contributed by atoms with Crippen LogP contribution in [0.3, 0.4) is 0 Å². The van der Waals surface area contributed by atoms with Gasteiger partial charge in [0.15, 0.2) is 5.16 Å². The number of halogens is 2. The maximum absolute atomic E-state index is 13.9. The second-order valence-corrected chi connectivity index (χ2v) is 10.8. The number of rotatable bonds is 5. The van der Waals surface area contributed by atoms with E-state index in [1.54, 1.807) is 29.1 Å². The van der Waals surface area contributed by atoms with Crippen LogP contribution in [0.1, 0.15) is 16.0 Å². The van der Waals surface area contributed by atoms with Crippen LogP contribution in [0.2, 0.25) is 10.0 Å². The van der Waals surface area contributed by atoms with Crippen molar-refractivity contribution in [2.45, 2.75) is 23.9 Å². The van der Waals surface area contributed by atoms with Gasteiger partial charge in [-0.1, -0.05) is 41.0 Å². The molecule has 0 fully saturated rings. The molecule has 9 heteroatoms. The fourth-order valence-electron chi connectivity index (χ4n) is 3.99. The smallest absolute Gasteiger partial charge is 0.267 e. The molecule has 3 heterocycles. The third kappa shape index (κ3) is 4.40. The number of likely N-dealkylation sites (N-methyl/N-ethyl adjacent to an activating group) is 1. The molecule has 1 aliphatic rings. The van der Waals surface area contributed by atoms with Crippen LogP contribution in [0.15, 0.2) is 52.4 Å². The van der Waals surface area contributed by atoms with Gasteiger partial charge in [0.1, 0.15) is 10.6 Å². The van der Waals surface area contributed by atoms with Crippen LogP contribution < -0.4 is 10.3 Å². The van der Waals surface area contributed by atoms with Crippen LogP contribution in [-0.4, -0.2) is 35.2 Å². The zero-order valence-corrected chi connectivity index (χ0v) is 21.2. The Kier molecular flexibility index (Phi) is 6.42. The molecule has 5 rings (SSSR count). The standard InChI is InChI=1S/C24H21Cl2N3O2S2/c1-28-10-9-18-20(12-28)33-22-21(18)23(30)29(16-5-7-17(31-2)8-6-16)24(27-22)32-13-14-3-4-15(25)11-19(14)26/h3-8,11H,9-10,12-13H2,1-2H3. The number of aromatic nitrogens is 2. The molecule has 0 spiro atoms. The van der Waals surface area contributed by atoms with Gasteiger partial charge in [-0.15, -0.1) is 11.3 Å². The number of nitrogens with zero attached hydrogens (tertiary/aromatic N) is 3. The Morgan fingerprint density at radius 3 is 2.70 bits per heavy atom. The second kappa shape index (κ2) is 9.31. The van der Waals surface area contributed by atoms with Crippen LogP contribution in [0, 0.1) is 0 Å². The quantitative estimate of drug-likeness (QED) is 0.238. The van der Waals surface area contributed by atoms with Gasteiger partial charge in [-0.3, -0.25) is 9.36 Å². The zero-order valence-electron chi connectivity index (χ0n) is 18.1. The molecule has 0 N–H and O–H groups in total. The summed E-state index contributed by atoms with van der Waals surface area (Å²) >= 11 is 15.6. The van der Waals surface area contributed by atoms with Crippen molar-refractivity contribution >= 4 is 56.5 Å². The Bertz CT molecular complexity index is 1400. The topological polar surface area (TPSA) is 47.4 Å². The highest BCUT2D eigenvalue weighted by Crippen LogP contribution is 2.35. The Morgan fingerprint density at radius 2 is 1.97 bits per heavy atom. The van der Waals surface area contributed by atoms with E-state index >= 15 is 0 Å². The average Bonchev–Trinajstić information content (AvgIpc) is 3.16. The van der Waals surface area contributed by atoms with Gasteiger partial charge in [0.25, 0.3) is 5.56 Å². The maximum Gasteiger partial charge on any atom is 0.267 e. The maximum atomic E-state index is 13.9. The van der Waals surface area contributed by atoms with Gasteiger partial charge in [-0.2, -0.15) is 0 Å². The predicted molar refractivity (Wildman–Crippen MR) is 138 cm³/mol. The van der Waals surface area contributed by atoms with Gasteiger partial charge in [-0.05, 0) is 61.0 Å². The minimum absolute atomic E-state index is 0.0306. The molecule has 33 heavy (non-hydrogen) atoms. The SMILES string of the molecule is COc1ccc(-n2c(SCc3ccc(Cl)cc3Cl)nc3sc4c(c3c2=O)CCN(C)C4)cc1. The van der Waals surface area contributed by atoms with E-state index in [9.17, 15) is 4.79 Å². The number of ether oxygens (including phenoxy) is 1. The number of benzene rings is 2. The van der Waals surface area contributed by atoms with Gasteiger partial charge in [0.05, 0.1) is 18.2 Å². The van der Waals surface area contributed by atoms with Crippen LogP contribution in [-0.2, 0) is 18.7 Å². The first-order valence-corrected chi connectivity index (χ1v) is 13.0. The van der Waals surface area contributed by atoms with Gasteiger partial charge >= 0.3 is 0 Å².